The van der Waals surface area contributed by atoms with Gasteiger partial charge in [-0.15, -0.1) is 0 Å². The zero-order valence-electron chi connectivity index (χ0n) is 15.2. The van der Waals surface area contributed by atoms with Crippen molar-refractivity contribution in [2.75, 3.05) is 52.9 Å². The van der Waals surface area contributed by atoms with Gasteiger partial charge in [0.1, 0.15) is 11.9 Å². The number of likely N-dealkylation sites (N-methyl/N-ethyl adjacent to an activating group) is 1. The fraction of sp³-hybridized carbons (Fsp3) is 0.778. The lowest BCUT2D eigenvalue weighted by Gasteiger charge is -2.32. The van der Waals surface area contributed by atoms with Gasteiger partial charge in [-0.1, -0.05) is 0 Å². The number of rotatable bonds is 3. The van der Waals surface area contributed by atoms with Gasteiger partial charge >= 0.3 is 0 Å². The van der Waals surface area contributed by atoms with E-state index in [1.165, 1.54) is 5.69 Å². The van der Waals surface area contributed by atoms with Gasteiger partial charge in [0.15, 0.2) is 0 Å². The number of nitrogens with zero attached hydrogens (tertiary/aromatic N) is 5. The summed E-state index contributed by atoms with van der Waals surface area (Å²) in [6, 6.07) is 0. The van der Waals surface area contributed by atoms with E-state index in [9.17, 15) is 4.79 Å². The average molecular weight is 347 g/mol. The molecule has 2 fully saturated rings. The smallest absolute Gasteiger partial charge is 0.251 e. The van der Waals surface area contributed by atoms with Crippen molar-refractivity contribution in [3.8, 4) is 0 Å². The van der Waals surface area contributed by atoms with Gasteiger partial charge in [-0.3, -0.25) is 9.69 Å². The Labute approximate surface area is 149 Å². The van der Waals surface area contributed by atoms with Crippen molar-refractivity contribution in [2.45, 2.75) is 38.5 Å². The van der Waals surface area contributed by atoms with Gasteiger partial charge in [-0.2, -0.15) is 0 Å². The first kappa shape index (κ1) is 17.0. The number of ether oxygens (including phenoxy) is 1. The molecule has 0 aromatic carbocycles. The van der Waals surface area contributed by atoms with E-state index in [-0.39, 0.29) is 12.0 Å². The highest BCUT2D eigenvalue weighted by Gasteiger charge is 2.30. The third-order valence-electron chi connectivity index (χ3n) is 5.72. The molecule has 3 aliphatic rings. The summed E-state index contributed by atoms with van der Waals surface area (Å²) in [5, 5.41) is 0. The summed E-state index contributed by atoms with van der Waals surface area (Å²) in [5.74, 6) is 1.29. The topological polar surface area (TPSA) is 53.8 Å². The number of carbonyl (C=O) groups excluding carboxylic acids is 1. The third kappa shape index (κ3) is 3.73. The molecule has 0 N–H and O–H groups in total. The minimum Gasteiger partial charge on any atom is -0.368 e. The molecule has 2 saturated heterocycles. The second-order valence-electron chi connectivity index (χ2n) is 7.47. The molecular weight excluding hydrogens is 318 g/mol. The Kier molecular flexibility index (Phi) is 5.05. The van der Waals surface area contributed by atoms with Gasteiger partial charge in [0, 0.05) is 71.6 Å². The fourth-order valence-electron chi connectivity index (χ4n) is 4.05. The number of imidazole rings is 1. The molecule has 1 aromatic heterocycles. The van der Waals surface area contributed by atoms with Crippen molar-refractivity contribution in [1.82, 2.24) is 24.3 Å². The van der Waals surface area contributed by atoms with E-state index in [1.807, 2.05) is 11.1 Å². The molecule has 0 radical (unpaired) electrons. The van der Waals surface area contributed by atoms with E-state index in [0.29, 0.717) is 0 Å². The maximum absolute atomic E-state index is 12.6. The molecule has 1 atom stereocenters. The summed E-state index contributed by atoms with van der Waals surface area (Å²) in [4.78, 5) is 24.1. The van der Waals surface area contributed by atoms with Crippen LogP contribution in [0.1, 0.15) is 24.4 Å². The van der Waals surface area contributed by atoms with E-state index in [2.05, 4.69) is 26.4 Å². The Hall–Kier alpha value is -1.44. The lowest BCUT2D eigenvalue weighted by Crippen LogP contribution is -2.44. The molecule has 0 saturated carbocycles. The average Bonchev–Trinajstić information content (AvgIpc) is 3.23. The van der Waals surface area contributed by atoms with Crippen molar-refractivity contribution in [3.63, 3.8) is 0 Å². The minimum absolute atomic E-state index is 0.170. The number of amides is 1. The number of piperazine rings is 1. The van der Waals surface area contributed by atoms with Crippen molar-refractivity contribution in [2.24, 2.45) is 0 Å². The van der Waals surface area contributed by atoms with Crippen LogP contribution in [0.5, 0.6) is 0 Å². The van der Waals surface area contributed by atoms with Crippen LogP contribution in [-0.4, -0.2) is 89.2 Å². The normalized spacial score (nSPS) is 25.8. The van der Waals surface area contributed by atoms with E-state index in [1.54, 1.807) is 0 Å². The van der Waals surface area contributed by atoms with Crippen LogP contribution in [0.3, 0.4) is 0 Å². The van der Waals surface area contributed by atoms with Crippen LogP contribution in [-0.2, 0) is 29.0 Å². The molecule has 7 heteroatoms. The molecule has 0 spiro atoms. The first-order chi connectivity index (χ1) is 12.2. The van der Waals surface area contributed by atoms with E-state index < -0.39 is 0 Å². The van der Waals surface area contributed by atoms with Gasteiger partial charge in [0.2, 0.25) is 0 Å². The maximum Gasteiger partial charge on any atom is 0.251 e. The Morgan fingerprint density at radius 1 is 1.20 bits per heavy atom. The van der Waals surface area contributed by atoms with Gasteiger partial charge in [0.25, 0.3) is 5.91 Å². The molecule has 0 bridgehead atoms. The van der Waals surface area contributed by atoms with Crippen molar-refractivity contribution in [1.29, 1.82) is 0 Å². The summed E-state index contributed by atoms with van der Waals surface area (Å²) in [5.41, 5.74) is 1.28. The van der Waals surface area contributed by atoms with E-state index in [0.717, 1.165) is 84.1 Å². The second-order valence-corrected chi connectivity index (χ2v) is 7.47. The molecular formula is C18H29N5O2. The number of aromatic nitrogens is 2. The molecule has 1 aromatic rings. The van der Waals surface area contributed by atoms with E-state index in [4.69, 9.17) is 4.74 Å². The van der Waals surface area contributed by atoms with Crippen LogP contribution in [0.15, 0.2) is 6.20 Å². The van der Waals surface area contributed by atoms with Crippen LogP contribution >= 0.6 is 0 Å². The lowest BCUT2D eigenvalue weighted by atomic mass is 10.2. The number of carbonyl (C=O) groups is 1. The minimum atomic E-state index is -0.213. The largest absolute Gasteiger partial charge is 0.368 e. The molecule has 4 heterocycles. The van der Waals surface area contributed by atoms with Crippen LogP contribution in [0, 0.1) is 0 Å². The Balaban J connectivity index is 1.38. The summed E-state index contributed by atoms with van der Waals surface area (Å²) in [6.45, 7) is 8.52. The van der Waals surface area contributed by atoms with Gasteiger partial charge in [-0.05, 0) is 19.9 Å². The Morgan fingerprint density at radius 2 is 2.04 bits per heavy atom. The molecule has 0 aliphatic carbocycles. The molecule has 3 aliphatic heterocycles. The molecule has 138 valence electrons. The van der Waals surface area contributed by atoms with Crippen LogP contribution in [0.2, 0.25) is 0 Å². The zero-order chi connectivity index (χ0) is 17.2. The van der Waals surface area contributed by atoms with Crippen LogP contribution in [0.4, 0.5) is 0 Å². The van der Waals surface area contributed by atoms with Gasteiger partial charge in [0.05, 0.1) is 5.69 Å². The predicted octanol–water partition coefficient (Wildman–Crippen LogP) is 0.194. The summed E-state index contributed by atoms with van der Waals surface area (Å²) in [6.07, 6.45) is 4.53. The zero-order valence-corrected chi connectivity index (χ0v) is 15.2. The summed E-state index contributed by atoms with van der Waals surface area (Å²) < 4.78 is 7.91. The SMILES string of the molecule is CN1CCN(Cc2cnc3n2CCN(C(=O)[C@@H]2CCCO2)CC3)CC1. The summed E-state index contributed by atoms with van der Waals surface area (Å²) >= 11 is 0. The molecule has 4 rings (SSSR count). The second kappa shape index (κ2) is 7.43. The molecule has 0 unspecified atom stereocenters. The highest BCUT2D eigenvalue weighted by atomic mass is 16.5. The Bertz CT molecular complexity index is 603. The van der Waals surface area contributed by atoms with Gasteiger partial charge < -0.3 is 19.1 Å². The highest BCUT2D eigenvalue weighted by Crippen LogP contribution is 2.18. The quantitative estimate of drug-likeness (QED) is 0.782. The molecule has 1 amide bonds. The number of hydrogen-bond acceptors (Lipinski definition) is 5. The maximum atomic E-state index is 12.6. The first-order valence-corrected chi connectivity index (χ1v) is 9.55. The van der Waals surface area contributed by atoms with Crippen LogP contribution < -0.4 is 0 Å². The monoisotopic (exact) mass is 347 g/mol. The van der Waals surface area contributed by atoms with E-state index >= 15 is 0 Å². The first-order valence-electron chi connectivity index (χ1n) is 9.55. The Morgan fingerprint density at radius 3 is 2.80 bits per heavy atom. The van der Waals surface area contributed by atoms with Crippen molar-refractivity contribution < 1.29 is 9.53 Å². The highest BCUT2D eigenvalue weighted by molar-refractivity contribution is 5.81. The number of fused-ring (bicyclic) bond motifs is 1. The lowest BCUT2D eigenvalue weighted by molar-refractivity contribution is -0.140. The molecule has 25 heavy (non-hydrogen) atoms. The van der Waals surface area contributed by atoms with Gasteiger partial charge in [-0.25, -0.2) is 4.98 Å². The predicted molar refractivity (Wildman–Crippen MR) is 94.3 cm³/mol. The van der Waals surface area contributed by atoms with Crippen molar-refractivity contribution >= 4 is 5.91 Å². The summed E-state index contributed by atoms with van der Waals surface area (Å²) in [7, 11) is 2.18. The number of hydrogen-bond donors (Lipinski definition) is 0. The van der Waals surface area contributed by atoms with Crippen LogP contribution in [0.25, 0.3) is 0 Å². The standard InChI is InChI=1S/C18H29N5O2/c1-20-6-8-21(9-7-20)14-15-13-19-17-4-5-22(10-11-23(15)17)18(24)16-3-2-12-25-16/h13,16H,2-12,14H2,1H3/t16-/m0/s1. The molecule has 7 nitrogen and oxygen atoms in total. The van der Waals surface area contributed by atoms with Crippen molar-refractivity contribution in [3.05, 3.63) is 17.7 Å². The third-order valence-corrected chi connectivity index (χ3v) is 5.72. The fourth-order valence-corrected chi connectivity index (χ4v) is 4.05.